The molecule has 1 heterocycles. The maximum Gasteiger partial charge on any atom is 0.143 e. The highest BCUT2D eigenvalue weighted by molar-refractivity contribution is 5.82. The fourth-order valence-electron chi connectivity index (χ4n) is 3.79. The first kappa shape index (κ1) is 16.6. The third-order valence-corrected chi connectivity index (χ3v) is 5.16. The van der Waals surface area contributed by atoms with Gasteiger partial charge in [-0.15, -0.1) is 0 Å². The Hall–Kier alpha value is -0.810. The van der Waals surface area contributed by atoms with Crippen LogP contribution in [0.3, 0.4) is 0 Å². The Bertz CT molecular complexity index is 353. The predicted octanol–water partition coefficient (Wildman–Crippen LogP) is 2.57. The number of amidine groups is 1. The summed E-state index contributed by atoms with van der Waals surface area (Å²) in [6.45, 7) is 6.90. The highest BCUT2D eigenvalue weighted by atomic mass is 16.5. The Morgan fingerprint density at radius 3 is 2.71 bits per heavy atom. The third-order valence-electron chi connectivity index (χ3n) is 5.16. The Kier molecular flexibility index (Phi) is 5.88. The summed E-state index contributed by atoms with van der Waals surface area (Å²) >= 11 is 0. The van der Waals surface area contributed by atoms with Crippen molar-refractivity contribution in [3.8, 4) is 0 Å². The Morgan fingerprint density at radius 1 is 1.38 bits per heavy atom. The summed E-state index contributed by atoms with van der Waals surface area (Å²) in [6.07, 6.45) is 9.26. The standard InChI is InChI=1S/C16H31N3O2/c1-3-19(11-13(2)15(17)18-20)12-14-7-10-16(21-14)8-5-4-6-9-16/h13-14,20H,3-12H2,1-2H3,(H2,17,18). The molecule has 2 rings (SSSR count). The lowest BCUT2D eigenvalue weighted by molar-refractivity contribution is -0.0718. The molecule has 0 bridgehead atoms. The lowest BCUT2D eigenvalue weighted by Gasteiger charge is -2.34. The molecular weight excluding hydrogens is 266 g/mol. The first-order valence-corrected chi connectivity index (χ1v) is 8.46. The number of hydrogen-bond donors (Lipinski definition) is 2. The topological polar surface area (TPSA) is 71.1 Å². The zero-order valence-electron chi connectivity index (χ0n) is 13.6. The molecule has 1 saturated heterocycles. The molecule has 2 aliphatic rings. The van der Waals surface area contributed by atoms with Crippen LogP contribution in [0.4, 0.5) is 0 Å². The zero-order valence-corrected chi connectivity index (χ0v) is 13.6. The van der Waals surface area contributed by atoms with E-state index in [2.05, 4.69) is 17.0 Å². The van der Waals surface area contributed by atoms with Gasteiger partial charge in [0.2, 0.25) is 0 Å². The molecule has 2 atom stereocenters. The quantitative estimate of drug-likeness (QED) is 0.342. The van der Waals surface area contributed by atoms with E-state index in [1.807, 2.05) is 6.92 Å². The van der Waals surface area contributed by atoms with Crippen molar-refractivity contribution in [1.29, 1.82) is 0 Å². The van der Waals surface area contributed by atoms with Crippen molar-refractivity contribution < 1.29 is 9.94 Å². The summed E-state index contributed by atoms with van der Waals surface area (Å²) in [7, 11) is 0. The summed E-state index contributed by atoms with van der Waals surface area (Å²) in [5, 5.41) is 11.9. The fourth-order valence-corrected chi connectivity index (χ4v) is 3.79. The monoisotopic (exact) mass is 297 g/mol. The van der Waals surface area contributed by atoms with Crippen LogP contribution in [-0.2, 0) is 4.74 Å². The molecule has 1 spiro atoms. The van der Waals surface area contributed by atoms with Gasteiger partial charge in [0.1, 0.15) is 5.84 Å². The molecule has 1 aliphatic carbocycles. The number of likely N-dealkylation sites (N-methyl/N-ethyl adjacent to an activating group) is 1. The second-order valence-corrected chi connectivity index (χ2v) is 6.80. The van der Waals surface area contributed by atoms with Crippen molar-refractivity contribution in [3.63, 3.8) is 0 Å². The van der Waals surface area contributed by atoms with Gasteiger partial charge < -0.3 is 20.6 Å². The maximum absolute atomic E-state index is 8.76. The van der Waals surface area contributed by atoms with Crippen molar-refractivity contribution in [2.75, 3.05) is 19.6 Å². The lowest BCUT2D eigenvalue weighted by atomic mass is 9.83. The predicted molar refractivity (Wildman–Crippen MR) is 84.6 cm³/mol. The molecule has 0 aromatic heterocycles. The smallest absolute Gasteiger partial charge is 0.143 e. The van der Waals surface area contributed by atoms with Crippen LogP contribution in [0.15, 0.2) is 5.16 Å². The molecule has 5 heteroatoms. The van der Waals surface area contributed by atoms with Gasteiger partial charge in [0.25, 0.3) is 0 Å². The SMILES string of the molecule is CCN(CC1CCC2(CCCCC2)O1)CC(C)C(N)=NO. The van der Waals surface area contributed by atoms with E-state index in [0.29, 0.717) is 11.9 Å². The minimum Gasteiger partial charge on any atom is -0.409 e. The third kappa shape index (κ3) is 4.33. The van der Waals surface area contributed by atoms with Crippen LogP contribution in [0.1, 0.15) is 58.8 Å². The van der Waals surface area contributed by atoms with Gasteiger partial charge in [0.05, 0.1) is 11.7 Å². The molecule has 0 amide bonds. The normalized spacial score (nSPS) is 27.4. The molecule has 122 valence electrons. The van der Waals surface area contributed by atoms with Crippen LogP contribution < -0.4 is 5.73 Å². The molecule has 0 aromatic rings. The van der Waals surface area contributed by atoms with Crippen LogP contribution in [-0.4, -0.2) is 47.3 Å². The van der Waals surface area contributed by atoms with E-state index in [1.165, 1.54) is 44.9 Å². The van der Waals surface area contributed by atoms with Gasteiger partial charge in [-0.1, -0.05) is 38.3 Å². The molecule has 2 unspecified atom stereocenters. The van der Waals surface area contributed by atoms with Crippen molar-refractivity contribution in [2.45, 2.75) is 70.5 Å². The van der Waals surface area contributed by atoms with Crippen LogP contribution in [0.2, 0.25) is 0 Å². The van der Waals surface area contributed by atoms with Crippen LogP contribution >= 0.6 is 0 Å². The van der Waals surface area contributed by atoms with Crippen molar-refractivity contribution in [2.24, 2.45) is 16.8 Å². The molecule has 21 heavy (non-hydrogen) atoms. The first-order valence-electron chi connectivity index (χ1n) is 8.46. The highest BCUT2D eigenvalue weighted by Gasteiger charge is 2.41. The van der Waals surface area contributed by atoms with Gasteiger partial charge in [-0.3, -0.25) is 0 Å². The molecule has 1 aliphatic heterocycles. The number of ether oxygens (including phenoxy) is 1. The van der Waals surface area contributed by atoms with Gasteiger partial charge in [-0.2, -0.15) is 0 Å². The van der Waals surface area contributed by atoms with Crippen molar-refractivity contribution >= 4 is 5.84 Å². The minimum absolute atomic E-state index is 0.0694. The Labute approximate surface area is 128 Å². The van der Waals surface area contributed by atoms with E-state index < -0.39 is 0 Å². The van der Waals surface area contributed by atoms with Crippen molar-refractivity contribution in [3.05, 3.63) is 0 Å². The summed E-state index contributed by atoms with van der Waals surface area (Å²) in [5.74, 6) is 0.379. The molecule has 2 fully saturated rings. The van der Waals surface area contributed by atoms with Gasteiger partial charge in [0, 0.05) is 19.0 Å². The lowest BCUT2D eigenvalue weighted by Crippen LogP contribution is -2.40. The number of rotatable bonds is 6. The molecule has 5 nitrogen and oxygen atoms in total. The zero-order chi connectivity index (χ0) is 15.3. The summed E-state index contributed by atoms with van der Waals surface area (Å²) < 4.78 is 6.44. The number of oxime groups is 1. The maximum atomic E-state index is 8.76. The summed E-state index contributed by atoms with van der Waals surface area (Å²) in [6, 6.07) is 0. The minimum atomic E-state index is 0.0694. The average Bonchev–Trinajstić information content (AvgIpc) is 2.88. The van der Waals surface area contributed by atoms with Crippen LogP contribution in [0, 0.1) is 5.92 Å². The molecule has 0 aromatic carbocycles. The summed E-state index contributed by atoms with van der Waals surface area (Å²) in [4.78, 5) is 2.36. The van der Waals surface area contributed by atoms with Gasteiger partial charge >= 0.3 is 0 Å². The fraction of sp³-hybridized carbons (Fsp3) is 0.938. The molecule has 0 radical (unpaired) electrons. The van der Waals surface area contributed by atoms with E-state index in [-0.39, 0.29) is 11.5 Å². The number of hydrogen-bond acceptors (Lipinski definition) is 4. The van der Waals surface area contributed by atoms with E-state index >= 15 is 0 Å². The van der Waals surface area contributed by atoms with E-state index in [4.69, 9.17) is 15.7 Å². The number of nitrogens with zero attached hydrogens (tertiary/aromatic N) is 2. The first-order chi connectivity index (χ1) is 10.1. The van der Waals surface area contributed by atoms with Gasteiger partial charge in [-0.25, -0.2) is 0 Å². The Morgan fingerprint density at radius 2 is 2.10 bits per heavy atom. The van der Waals surface area contributed by atoms with E-state index in [0.717, 1.165) is 19.6 Å². The number of nitrogens with two attached hydrogens (primary N) is 1. The second-order valence-electron chi connectivity index (χ2n) is 6.80. The highest BCUT2D eigenvalue weighted by Crippen LogP contribution is 2.42. The van der Waals surface area contributed by atoms with Crippen LogP contribution in [0.25, 0.3) is 0 Å². The van der Waals surface area contributed by atoms with Gasteiger partial charge in [-0.05, 0) is 32.2 Å². The van der Waals surface area contributed by atoms with Gasteiger partial charge in [0.15, 0.2) is 0 Å². The average molecular weight is 297 g/mol. The largest absolute Gasteiger partial charge is 0.409 e. The Balaban J connectivity index is 1.82. The molecule has 1 saturated carbocycles. The van der Waals surface area contributed by atoms with E-state index in [9.17, 15) is 0 Å². The summed E-state index contributed by atoms with van der Waals surface area (Å²) in [5.41, 5.74) is 5.88. The van der Waals surface area contributed by atoms with E-state index in [1.54, 1.807) is 0 Å². The molecule has 3 N–H and O–H groups in total. The van der Waals surface area contributed by atoms with Crippen molar-refractivity contribution in [1.82, 2.24) is 4.90 Å². The molecular formula is C16H31N3O2. The second kappa shape index (κ2) is 7.45. The van der Waals surface area contributed by atoms with Crippen LogP contribution in [0.5, 0.6) is 0 Å².